The van der Waals surface area contributed by atoms with Crippen LogP contribution in [0.2, 0.25) is 5.02 Å². The molecule has 0 saturated carbocycles. The lowest BCUT2D eigenvalue weighted by Crippen LogP contribution is -2.10. The van der Waals surface area contributed by atoms with Gasteiger partial charge in [0.25, 0.3) is 0 Å². The second-order valence-electron chi connectivity index (χ2n) is 4.70. The number of hydrogen-bond donors (Lipinski definition) is 1. The highest BCUT2D eigenvalue weighted by atomic mass is 35.5. The standard InChI is InChI=1S/C16H14ClN3O/c17-14-8-4-7-13(12-5-2-1-3-6-12)16(14)15(21)9-20-11-18-10-19-20/h1-8,10-11,15,21H,9H2. The molecule has 1 N–H and O–H groups in total. The van der Waals surface area contributed by atoms with Crippen LogP contribution in [0.25, 0.3) is 11.1 Å². The Morgan fingerprint density at radius 1 is 1.10 bits per heavy atom. The minimum Gasteiger partial charge on any atom is -0.386 e. The van der Waals surface area contributed by atoms with Gasteiger partial charge in [-0.25, -0.2) is 4.98 Å². The number of hydrogen-bond acceptors (Lipinski definition) is 3. The molecule has 0 radical (unpaired) electrons. The zero-order valence-electron chi connectivity index (χ0n) is 11.2. The molecule has 1 atom stereocenters. The van der Waals surface area contributed by atoms with Crippen molar-refractivity contribution in [3.8, 4) is 11.1 Å². The van der Waals surface area contributed by atoms with Gasteiger partial charge in [0.05, 0.1) is 6.54 Å². The average Bonchev–Trinajstić information content (AvgIpc) is 3.00. The third-order valence-corrected chi connectivity index (χ3v) is 3.63. The molecule has 0 amide bonds. The topological polar surface area (TPSA) is 50.9 Å². The number of aliphatic hydroxyl groups is 1. The van der Waals surface area contributed by atoms with Crippen LogP contribution in [-0.2, 0) is 6.54 Å². The van der Waals surface area contributed by atoms with Gasteiger partial charge in [0.2, 0.25) is 0 Å². The van der Waals surface area contributed by atoms with E-state index in [1.54, 1.807) is 17.1 Å². The van der Waals surface area contributed by atoms with Gasteiger partial charge in [0, 0.05) is 10.6 Å². The van der Waals surface area contributed by atoms with Gasteiger partial charge in [-0.05, 0) is 17.2 Å². The van der Waals surface area contributed by atoms with E-state index in [4.69, 9.17) is 11.6 Å². The van der Waals surface area contributed by atoms with Gasteiger partial charge < -0.3 is 5.11 Å². The minimum absolute atomic E-state index is 0.309. The summed E-state index contributed by atoms with van der Waals surface area (Å²) < 4.78 is 1.59. The molecule has 2 aromatic carbocycles. The molecular formula is C16H14ClN3O. The van der Waals surface area contributed by atoms with Crippen LogP contribution in [-0.4, -0.2) is 19.9 Å². The van der Waals surface area contributed by atoms with Crippen molar-refractivity contribution in [2.24, 2.45) is 0 Å². The summed E-state index contributed by atoms with van der Waals surface area (Å²) in [6.45, 7) is 0.309. The van der Waals surface area contributed by atoms with Crippen LogP contribution >= 0.6 is 11.6 Å². The maximum absolute atomic E-state index is 10.5. The first kappa shape index (κ1) is 13.8. The molecule has 0 saturated heterocycles. The largest absolute Gasteiger partial charge is 0.386 e. The molecule has 21 heavy (non-hydrogen) atoms. The number of halogens is 1. The zero-order chi connectivity index (χ0) is 14.7. The van der Waals surface area contributed by atoms with E-state index < -0.39 is 6.10 Å². The smallest absolute Gasteiger partial charge is 0.137 e. The van der Waals surface area contributed by atoms with Crippen molar-refractivity contribution in [1.29, 1.82) is 0 Å². The first-order valence-electron chi connectivity index (χ1n) is 6.60. The molecule has 3 aromatic rings. The molecular weight excluding hydrogens is 286 g/mol. The van der Waals surface area contributed by atoms with Gasteiger partial charge in [0.15, 0.2) is 0 Å². The first-order valence-corrected chi connectivity index (χ1v) is 6.98. The van der Waals surface area contributed by atoms with Crippen molar-refractivity contribution in [3.63, 3.8) is 0 Å². The maximum Gasteiger partial charge on any atom is 0.137 e. The van der Waals surface area contributed by atoms with E-state index in [0.29, 0.717) is 17.1 Å². The van der Waals surface area contributed by atoms with Gasteiger partial charge in [0.1, 0.15) is 18.8 Å². The van der Waals surface area contributed by atoms with E-state index in [1.165, 1.54) is 6.33 Å². The summed E-state index contributed by atoms with van der Waals surface area (Å²) >= 11 is 6.31. The van der Waals surface area contributed by atoms with Gasteiger partial charge in [-0.2, -0.15) is 5.10 Å². The van der Waals surface area contributed by atoms with E-state index in [-0.39, 0.29) is 0 Å². The Bertz CT molecular complexity index is 714. The van der Waals surface area contributed by atoms with Crippen LogP contribution < -0.4 is 0 Å². The van der Waals surface area contributed by atoms with Crippen LogP contribution in [0.15, 0.2) is 61.2 Å². The molecule has 1 heterocycles. The summed E-state index contributed by atoms with van der Waals surface area (Å²) in [6.07, 6.45) is 2.26. The van der Waals surface area contributed by atoms with Crippen molar-refractivity contribution in [1.82, 2.24) is 14.8 Å². The van der Waals surface area contributed by atoms with Crippen LogP contribution in [0.1, 0.15) is 11.7 Å². The minimum atomic E-state index is -0.754. The number of nitrogens with zero attached hydrogens (tertiary/aromatic N) is 3. The van der Waals surface area contributed by atoms with Crippen LogP contribution in [0.5, 0.6) is 0 Å². The Balaban J connectivity index is 2.01. The lowest BCUT2D eigenvalue weighted by atomic mass is 9.96. The predicted octanol–water partition coefficient (Wildman–Crippen LogP) is 3.33. The molecule has 1 unspecified atom stereocenters. The lowest BCUT2D eigenvalue weighted by Gasteiger charge is -2.17. The van der Waals surface area contributed by atoms with Crippen LogP contribution in [0.3, 0.4) is 0 Å². The van der Waals surface area contributed by atoms with Crippen LogP contribution in [0.4, 0.5) is 0 Å². The SMILES string of the molecule is OC(Cn1cncn1)c1c(Cl)cccc1-c1ccccc1. The average molecular weight is 300 g/mol. The molecule has 0 aliphatic heterocycles. The zero-order valence-corrected chi connectivity index (χ0v) is 12.0. The highest BCUT2D eigenvalue weighted by Gasteiger charge is 2.18. The second-order valence-corrected chi connectivity index (χ2v) is 5.11. The monoisotopic (exact) mass is 299 g/mol. The fourth-order valence-electron chi connectivity index (χ4n) is 2.34. The van der Waals surface area contributed by atoms with Gasteiger partial charge in [-0.1, -0.05) is 54.1 Å². The fraction of sp³-hybridized carbons (Fsp3) is 0.125. The Morgan fingerprint density at radius 3 is 2.62 bits per heavy atom. The van der Waals surface area contributed by atoms with Crippen molar-refractivity contribution in [3.05, 3.63) is 71.8 Å². The molecule has 0 spiro atoms. The summed E-state index contributed by atoms with van der Waals surface area (Å²) in [5.74, 6) is 0. The molecule has 4 nitrogen and oxygen atoms in total. The summed E-state index contributed by atoms with van der Waals surface area (Å²) in [4.78, 5) is 3.88. The lowest BCUT2D eigenvalue weighted by molar-refractivity contribution is 0.152. The van der Waals surface area contributed by atoms with Crippen molar-refractivity contribution >= 4 is 11.6 Å². The Morgan fingerprint density at radius 2 is 1.90 bits per heavy atom. The molecule has 0 bridgehead atoms. The van der Waals surface area contributed by atoms with Gasteiger partial charge >= 0.3 is 0 Å². The number of aromatic nitrogens is 3. The third kappa shape index (κ3) is 2.96. The highest BCUT2D eigenvalue weighted by Crippen LogP contribution is 2.34. The van der Waals surface area contributed by atoms with Crippen molar-refractivity contribution in [2.45, 2.75) is 12.6 Å². The summed E-state index contributed by atoms with van der Waals surface area (Å²) in [7, 11) is 0. The number of aliphatic hydroxyl groups excluding tert-OH is 1. The fourth-order valence-corrected chi connectivity index (χ4v) is 2.64. The predicted molar refractivity (Wildman–Crippen MR) is 81.9 cm³/mol. The number of benzene rings is 2. The highest BCUT2D eigenvalue weighted by molar-refractivity contribution is 6.31. The Kier molecular flexibility index (Phi) is 3.99. The van der Waals surface area contributed by atoms with E-state index in [0.717, 1.165) is 11.1 Å². The molecule has 0 fully saturated rings. The van der Waals surface area contributed by atoms with Crippen LogP contribution in [0, 0.1) is 0 Å². The normalized spacial score (nSPS) is 12.3. The molecule has 0 aliphatic carbocycles. The Hall–Kier alpha value is -2.17. The molecule has 1 aromatic heterocycles. The Labute approximate surface area is 127 Å². The quantitative estimate of drug-likeness (QED) is 0.804. The van der Waals surface area contributed by atoms with E-state index in [9.17, 15) is 5.11 Å². The van der Waals surface area contributed by atoms with Crippen molar-refractivity contribution in [2.75, 3.05) is 0 Å². The van der Waals surface area contributed by atoms with Crippen molar-refractivity contribution < 1.29 is 5.11 Å². The van der Waals surface area contributed by atoms with E-state index in [1.807, 2.05) is 42.5 Å². The molecule has 5 heteroatoms. The summed E-state index contributed by atoms with van der Waals surface area (Å²) in [5.41, 5.74) is 2.66. The van der Waals surface area contributed by atoms with Gasteiger partial charge in [-0.3, -0.25) is 4.68 Å². The molecule has 106 valence electrons. The summed E-state index contributed by atoms with van der Waals surface area (Å²) in [6, 6.07) is 15.5. The maximum atomic E-state index is 10.5. The first-order chi connectivity index (χ1) is 10.3. The number of rotatable bonds is 4. The molecule has 3 rings (SSSR count). The second kappa shape index (κ2) is 6.08. The van der Waals surface area contributed by atoms with E-state index in [2.05, 4.69) is 10.1 Å². The van der Waals surface area contributed by atoms with E-state index >= 15 is 0 Å². The van der Waals surface area contributed by atoms with Gasteiger partial charge in [-0.15, -0.1) is 0 Å². The third-order valence-electron chi connectivity index (χ3n) is 3.30. The molecule has 0 aliphatic rings. The summed E-state index contributed by atoms with van der Waals surface area (Å²) in [5, 5.41) is 15.1.